The standard InChI is InChI=1S/C13H19NO4S2/c1-10-7-11(2)9-14(8-10)20(17,18)13-5-3-12(4-6-13)19(15)16/h3-6,10-11H,7-9H2,1-2H3,(H,15,16). The molecule has 1 saturated heterocycles. The lowest BCUT2D eigenvalue weighted by Gasteiger charge is -2.34. The van der Waals surface area contributed by atoms with Gasteiger partial charge in [-0.3, -0.25) is 0 Å². The minimum Gasteiger partial charge on any atom is -0.302 e. The summed E-state index contributed by atoms with van der Waals surface area (Å²) in [6, 6.07) is 5.53. The van der Waals surface area contributed by atoms with E-state index in [4.69, 9.17) is 4.55 Å². The Kier molecular flexibility index (Phi) is 4.63. The Balaban J connectivity index is 2.27. The van der Waals surface area contributed by atoms with Crippen molar-refractivity contribution < 1.29 is 17.2 Å². The third kappa shape index (κ3) is 3.28. The van der Waals surface area contributed by atoms with E-state index in [9.17, 15) is 12.6 Å². The van der Waals surface area contributed by atoms with Gasteiger partial charge in [-0.2, -0.15) is 4.31 Å². The second-order valence-corrected chi connectivity index (χ2v) is 8.40. The fraction of sp³-hybridized carbons (Fsp3) is 0.538. The first-order valence-electron chi connectivity index (χ1n) is 6.51. The van der Waals surface area contributed by atoms with E-state index < -0.39 is 21.1 Å². The third-order valence-corrected chi connectivity index (χ3v) is 6.02. The summed E-state index contributed by atoms with van der Waals surface area (Å²) in [4.78, 5) is 0.373. The second-order valence-electron chi connectivity index (χ2n) is 5.49. The van der Waals surface area contributed by atoms with Crippen LogP contribution in [0.15, 0.2) is 34.1 Å². The summed E-state index contributed by atoms with van der Waals surface area (Å²) in [7, 11) is -3.52. The lowest BCUT2D eigenvalue weighted by molar-refractivity contribution is 0.222. The molecule has 1 N–H and O–H groups in total. The maximum atomic E-state index is 12.5. The molecular formula is C13H19NO4S2. The number of rotatable bonds is 3. The van der Waals surface area contributed by atoms with Crippen molar-refractivity contribution in [1.29, 1.82) is 0 Å². The molecule has 112 valence electrons. The van der Waals surface area contributed by atoms with Crippen LogP contribution in [0.3, 0.4) is 0 Å². The molecule has 1 heterocycles. The van der Waals surface area contributed by atoms with Crippen molar-refractivity contribution in [3.8, 4) is 0 Å². The van der Waals surface area contributed by atoms with Crippen LogP contribution in [0.1, 0.15) is 20.3 Å². The normalized spacial score (nSPS) is 26.4. The maximum Gasteiger partial charge on any atom is 0.243 e. The Bertz CT molecular complexity index is 587. The molecule has 0 aromatic heterocycles. The van der Waals surface area contributed by atoms with Gasteiger partial charge < -0.3 is 4.55 Å². The minimum atomic E-state index is -3.52. The number of hydrogen-bond acceptors (Lipinski definition) is 3. The number of sulfonamides is 1. The van der Waals surface area contributed by atoms with E-state index in [1.165, 1.54) is 28.6 Å². The molecule has 0 bridgehead atoms. The van der Waals surface area contributed by atoms with E-state index in [1.54, 1.807) is 0 Å². The zero-order chi connectivity index (χ0) is 14.9. The van der Waals surface area contributed by atoms with Crippen LogP contribution in [0.25, 0.3) is 0 Å². The van der Waals surface area contributed by atoms with Crippen LogP contribution in [0, 0.1) is 11.8 Å². The van der Waals surface area contributed by atoms with Gasteiger partial charge in [0, 0.05) is 13.1 Å². The average molecular weight is 317 g/mol. The molecule has 1 aromatic rings. The van der Waals surface area contributed by atoms with Crippen LogP contribution in [-0.4, -0.2) is 34.6 Å². The highest BCUT2D eigenvalue weighted by Gasteiger charge is 2.31. The Labute approximate surface area is 122 Å². The zero-order valence-corrected chi connectivity index (χ0v) is 13.2. The van der Waals surface area contributed by atoms with Gasteiger partial charge in [-0.15, -0.1) is 0 Å². The third-order valence-electron chi connectivity index (χ3n) is 3.50. The first-order chi connectivity index (χ1) is 9.30. The first-order valence-corrected chi connectivity index (χ1v) is 9.06. The predicted octanol–water partition coefficient (Wildman–Crippen LogP) is 1.93. The van der Waals surface area contributed by atoms with Crippen LogP contribution in [0.2, 0.25) is 0 Å². The highest BCUT2D eigenvalue weighted by atomic mass is 32.2. The van der Waals surface area contributed by atoms with Gasteiger partial charge in [-0.25, -0.2) is 12.6 Å². The van der Waals surface area contributed by atoms with Crippen LogP contribution in [-0.2, 0) is 21.1 Å². The van der Waals surface area contributed by atoms with E-state index >= 15 is 0 Å². The molecule has 0 spiro atoms. The van der Waals surface area contributed by atoms with E-state index in [2.05, 4.69) is 13.8 Å². The molecule has 0 saturated carbocycles. The van der Waals surface area contributed by atoms with Crippen molar-refractivity contribution in [2.45, 2.75) is 30.1 Å². The van der Waals surface area contributed by atoms with Crippen LogP contribution < -0.4 is 0 Å². The number of hydrogen-bond donors (Lipinski definition) is 1. The summed E-state index contributed by atoms with van der Waals surface area (Å²) >= 11 is -2.09. The summed E-state index contributed by atoms with van der Waals surface area (Å²) < 4.78 is 46.5. The van der Waals surface area contributed by atoms with Crippen LogP contribution >= 0.6 is 0 Å². The van der Waals surface area contributed by atoms with Crippen LogP contribution in [0.5, 0.6) is 0 Å². The largest absolute Gasteiger partial charge is 0.302 e. The van der Waals surface area contributed by atoms with Crippen molar-refractivity contribution in [2.24, 2.45) is 11.8 Å². The molecule has 1 aliphatic rings. The van der Waals surface area contributed by atoms with Crippen molar-refractivity contribution in [3.63, 3.8) is 0 Å². The SMILES string of the molecule is CC1CC(C)CN(S(=O)(=O)c2ccc(S(=O)O)cc2)C1. The Morgan fingerprint density at radius 3 is 2.10 bits per heavy atom. The highest BCUT2D eigenvalue weighted by molar-refractivity contribution is 7.89. The molecule has 0 radical (unpaired) electrons. The molecule has 3 atom stereocenters. The molecule has 3 unspecified atom stereocenters. The Morgan fingerprint density at radius 2 is 1.65 bits per heavy atom. The highest BCUT2D eigenvalue weighted by Crippen LogP contribution is 2.26. The van der Waals surface area contributed by atoms with E-state index in [0.29, 0.717) is 24.9 Å². The van der Waals surface area contributed by atoms with Gasteiger partial charge in [0.1, 0.15) is 0 Å². The summed E-state index contributed by atoms with van der Waals surface area (Å²) in [5, 5.41) is 0. The van der Waals surface area contributed by atoms with Crippen molar-refractivity contribution in [1.82, 2.24) is 4.31 Å². The molecular weight excluding hydrogens is 298 g/mol. The lowest BCUT2D eigenvalue weighted by atomic mass is 9.94. The van der Waals surface area contributed by atoms with Gasteiger partial charge in [-0.05, 0) is 42.5 Å². The van der Waals surface area contributed by atoms with Gasteiger partial charge in [0.2, 0.25) is 10.0 Å². The van der Waals surface area contributed by atoms with E-state index in [-0.39, 0.29) is 9.79 Å². The maximum absolute atomic E-state index is 12.5. The topological polar surface area (TPSA) is 74.7 Å². The van der Waals surface area contributed by atoms with E-state index in [1.807, 2.05) is 0 Å². The van der Waals surface area contributed by atoms with Crippen molar-refractivity contribution in [2.75, 3.05) is 13.1 Å². The zero-order valence-electron chi connectivity index (χ0n) is 11.5. The summed E-state index contributed by atoms with van der Waals surface area (Å²) in [6.45, 7) is 5.16. The van der Waals surface area contributed by atoms with Gasteiger partial charge in [0.25, 0.3) is 0 Å². The van der Waals surface area contributed by atoms with Crippen molar-refractivity contribution in [3.05, 3.63) is 24.3 Å². The predicted molar refractivity (Wildman–Crippen MR) is 77.2 cm³/mol. The number of piperidine rings is 1. The first kappa shape index (κ1) is 15.6. The molecule has 20 heavy (non-hydrogen) atoms. The molecule has 1 aliphatic heterocycles. The van der Waals surface area contributed by atoms with Gasteiger partial charge >= 0.3 is 0 Å². The molecule has 7 heteroatoms. The van der Waals surface area contributed by atoms with E-state index in [0.717, 1.165) is 6.42 Å². The second kappa shape index (κ2) is 5.93. The summed E-state index contributed by atoms with van der Waals surface area (Å²) in [6.07, 6.45) is 1.04. The number of benzene rings is 1. The van der Waals surface area contributed by atoms with Gasteiger partial charge in [0.05, 0.1) is 9.79 Å². The smallest absolute Gasteiger partial charge is 0.243 e. The van der Waals surface area contributed by atoms with Crippen molar-refractivity contribution >= 4 is 21.1 Å². The summed E-state index contributed by atoms with van der Waals surface area (Å²) in [5.74, 6) is 0.690. The molecule has 0 amide bonds. The fourth-order valence-corrected chi connectivity index (χ4v) is 4.73. The molecule has 2 rings (SSSR count). The Morgan fingerprint density at radius 1 is 1.15 bits per heavy atom. The minimum absolute atomic E-state index is 0.174. The monoisotopic (exact) mass is 317 g/mol. The molecule has 0 aliphatic carbocycles. The van der Waals surface area contributed by atoms with Gasteiger partial charge in [0.15, 0.2) is 11.1 Å². The van der Waals surface area contributed by atoms with Gasteiger partial charge in [-0.1, -0.05) is 13.8 Å². The molecule has 1 fully saturated rings. The quantitative estimate of drug-likeness (QED) is 0.865. The van der Waals surface area contributed by atoms with Crippen LogP contribution in [0.4, 0.5) is 0 Å². The summed E-state index contributed by atoms with van der Waals surface area (Å²) in [5.41, 5.74) is 0. The Hall–Kier alpha value is -0.760. The molecule has 5 nitrogen and oxygen atoms in total. The number of nitrogens with zero attached hydrogens (tertiary/aromatic N) is 1. The lowest BCUT2D eigenvalue weighted by Crippen LogP contribution is -2.42. The fourth-order valence-electron chi connectivity index (χ4n) is 2.68. The average Bonchev–Trinajstić information content (AvgIpc) is 2.37. The molecule has 1 aromatic carbocycles.